The Labute approximate surface area is 110 Å². The van der Waals surface area contributed by atoms with E-state index in [1.165, 1.54) is 12.5 Å². The fraction of sp³-hybridized carbons (Fsp3) is 0.545. The van der Waals surface area contributed by atoms with Crippen LogP contribution in [-0.2, 0) is 11.3 Å². The number of amides is 1. The van der Waals surface area contributed by atoms with Crippen LogP contribution in [0, 0.1) is 0 Å². The number of imidazole rings is 1. The summed E-state index contributed by atoms with van der Waals surface area (Å²) in [5.74, 6) is -0.611. The number of nitrogens with zero attached hydrogens (tertiary/aromatic N) is 2. The van der Waals surface area contributed by atoms with Gasteiger partial charge in [-0.1, -0.05) is 13.8 Å². The van der Waals surface area contributed by atoms with E-state index >= 15 is 0 Å². The number of aromatic carboxylic acids is 1. The second-order valence-electron chi connectivity index (χ2n) is 4.01. The summed E-state index contributed by atoms with van der Waals surface area (Å²) in [6.45, 7) is 5.05. The maximum Gasteiger partial charge on any atom is 0.356 e. The van der Waals surface area contributed by atoms with Gasteiger partial charge in [0.05, 0.1) is 12.1 Å². The zero-order chi connectivity index (χ0) is 13.5. The Balaban J connectivity index is 2.24. The molecule has 0 saturated heterocycles. The average Bonchev–Trinajstić information content (AvgIpc) is 2.75. The molecule has 0 bridgehead atoms. The zero-order valence-corrected chi connectivity index (χ0v) is 11.2. The molecule has 100 valence electrons. The topological polar surface area (TPSA) is 84.2 Å². The number of rotatable bonds is 7. The summed E-state index contributed by atoms with van der Waals surface area (Å²) in [5, 5.41) is 11.9. The molecule has 2 N–H and O–H groups in total. The zero-order valence-electron chi connectivity index (χ0n) is 10.4. The van der Waals surface area contributed by atoms with Gasteiger partial charge in [-0.3, -0.25) is 4.79 Å². The highest BCUT2D eigenvalue weighted by molar-refractivity contribution is 8.00. The Bertz CT molecular complexity index is 417. The van der Waals surface area contributed by atoms with Crippen LogP contribution in [0.4, 0.5) is 0 Å². The van der Waals surface area contributed by atoms with Crippen molar-refractivity contribution in [3.05, 3.63) is 18.2 Å². The van der Waals surface area contributed by atoms with Crippen molar-refractivity contribution in [1.29, 1.82) is 0 Å². The Morgan fingerprint density at radius 1 is 1.56 bits per heavy atom. The highest BCUT2D eigenvalue weighted by Gasteiger charge is 2.06. The average molecular weight is 271 g/mol. The van der Waals surface area contributed by atoms with Crippen LogP contribution in [0.3, 0.4) is 0 Å². The van der Waals surface area contributed by atoms with Crippen LogP contribution >= 0.6 is 11.8 Å². The standard InChI is InChI=1S/C11H17N3O3S/c1-8(2)18-6-10(15)12-3-4-14-5-9(11(16)17)13-7-14/h5,7-8H,3-4,6H2,1-2H3,(H,12,15)(H,16,17). The molecule has 6 nitrogen and oxygen atoms in total. The van der Waals surface area contributed by atoms with E-state index in [2.05, 4.69) is 10.3 Å². The summed E-state index contributed by atoms with van der Waals surface area (Å²) < 4.78 is 1.64. The molecule has 0 aliphatic heterocycles. The maximum atomic E-state index is 11.4. The monoisotopic (exact) mass is 271 g/mol. The third kappa shape index (κ3) is 5.22. The minimum absolute atomic E-state index is 0.00715. The van der Waals surface area contributed by atoms with Crippen LogP contribution in [0.1, 0.15) is 24.3 Å². The maximum absolute atomic E-state index is 11.4. The number of thioether (sulfide) groups is 1. The van der Waals surface area contributed by atoms with Crippen molar-refractivity contribution in [3.63, 3.8) is 0 Å². The van der Waals surface area contributed by atoms with Gasteiger partial charge in [-0.25, -0.2) is 9.78 Å². The molecule has 1 aromatic rings. The lowest BCUT2D eigenvalue weighted by Crippen LogP contribution is -2.28. The van der Waals surface area contributed by atoms with Gasteiger partial charge in [-0.05, 0) is 5.25 Å². The first-order chi connectivity index (χ1) is 8.49. The lowest BCUT2D eigenvalue weighted by Gasteiger charge is -2.07. The van der Waals surface area contributed by atoms with Crippen LogP contribution in [0.5, 0.6) is 0 Å². The quantitative estimate of drug-likeness (QED) is 0.767. The van der Waals surface area contributed by atoms with Crippen LogP contribution < -0.4 is 5.32 Å². The molecular formula is C11H17N3O3S. The Morgan fingerprint density at radius 3 is 2.83 bits per heavy atom. The molecule has 1 rings (SSSR count). The second kappa shape index (κ2) is 7.05. The normalized spacial score (nSPS) is 10.6. The number of carbonyl (C=O) groups excluding carboxylic acids is 1. The minimum Gasteiger partial charge on any atom is -0.476 e. The van der Waals surface area contributed by atoms with Gasteiger partial charge >= 0.3 is 5.97 Å². The van der Waals surface area contributed by atoms with Crippen molar-refractivity contribution in [2.24, 2.45) is 0 Å². The Morgan fingerprint density at radius 2 is 2.28 bits per heavy atom. The number of nitrogens with one attached hydrogen (secondary N) is 1. The number of carboxylic acids is 1. The van der Waals surface area contributed by atoms with Crippen molar-refractivity contribution < 1.29 is 14.7 Å². The molecule has 0 radical (unpaired) electrons. The summed E-state index contributed by atoms with van der Waals surface area (Å²) >= 11 is 1.58. The molecular weight excluding hydrogens is 254 g/mol. The van der Waals surface area contributed by atoms with E-state index in [9.17, 15) is 9.59 Å². The smallest absolute Gasteiger partial charge is 0.356 e. The molecule has 1 heterocycles. The molecule has 0 spiro atoms. The minimum atomic E-state index is -1.05. The number of aromatic nitrogens is 2. The molecule has 0 saturated carbocycles. The molecule has 18 heavy (non-hydrogen) atoms. The first kappa shape index (κ1) is 14.6. The largest absolute Gasteiger partial charge is 0.476 e. The number of carbonyl (C=O) groups is 2. The van der Waals surface area contributed by atoms with Gasteiger partial charge in [0, 0.05) is 19.3 Å². The van der Waals surface area contributed by atoms with Gasteiger partial charge in [0.1, 0.15) is 0 Å². The number of hydrogen-bond donors (Lipinski definition) is 2. The fourth-order valence-corrected chi connectivity index (χ4v) is 1.80. The van der Waals surface area contributed by atoms with Gasteiger partial charge in [-0.2, -0.15) is 0 Å². The summed E-state index contributed by atoms with van der Waals surface area (Å²) in [7, 11) is 0. The van der Waals surface area contributed by atoms with E-state index in [-0.39, 0.29) is 11.6 Å². The third-order valence-electron chi connectivity index (χ3n) is 2.09. The Kier molecular flexibility index (Phi) is 5.70. The van der Waals surface area contributed by atoms with Crippen LogP contribution in [0.15, 0.2) is 12.5 Å². The van der Waals surface area contributed by atoms with Crippen molar-refractivity contribution in [3.8, 4) is 0 Å². The van der Waals surface area contributed by atoms with Gasteiger partial charge in [0.2, 0.25) is 5.91 Å². The highest BCUT2D eigenvalue weighted by atomic mass is 32.2. The fourth-order valence-electron chi connectivity index (χ4n) is 1.21. The van der Waals surface area contributed by atoms with Gasteiger partial charge in [-0.15, -0.1) is 11.8 Å². The molecule has 0 unspecified atom stereocenters. The predicted molar refractivity (Wildman–Crippen MR) is 69.8 cm³/mol. The highest BCUT2D eigenvalue weighted by Crippen LogP contribution is 2.07. The molecule has 0 fully saturated rings. The first-order valence-electron chi connectivity index (χ1n) is 5.62. The number of hydrogen-bond acceptors (Lipinski definition) is 4. The van der Waals surface area contributed by atoms with Gasteiger partial charge < -0.3 is 15.0 Å². The van der Waals surface area contributed by atoms with Crippen LogP contribution in [0.2, 0.25) is 0 Å². The van der Waals surface area contributed by atoms with Crippen molar-refractivity contribution in [1.82, 2.24) is 14.9 Å². The molecule has 0 aliphatic carbocycles. The lowest BCUT2D eigenvalue weighted by atomic mass is 10.5. The van der Waals surface area contributed by atoms with Gasteiger partial charge in [0.25, 0.3) is 0 Å². The summed E-state index contributed by atoms with van der Waals surface area (Å²) in [5.41, 5.74) is 0.0108. The van der Waals surface area contributed by atoms with Crippen LogP contribution in [-0.4, -0.2) is 44.1 Å². The van der Waals surface area contributed by atoms with E-state index in [0.29, 0.717) is 24.1 Å². The molecule has 0 aromatic carbocycles. The second-order valence-corrected chi connectivity index (χ2v) is 5.58. The van der Waals surface area contributed by atoms with E-state index in [1.807, 2.05) is 13.8 Å². The van der Waals surface area contributed by atoms with Gasteiger partial charge in [0.15, 0.2) is 5.69 Å². The van der Waals surface area contributed by atoms with Crippen LogP contribution in [0.25, 0.3) is 0 Å². The molecule has 1 aromatic heterocycles. The molecule has 7 heteroatoms. The third-order valence-corrected chi connectivity index (χ3v) is 3.19. The van der Waals surface area contributed by atoms with Crippen molar-refractivity contribution in [2.75, 3.05) is 12.3 Å². The predicted octanol–water partition coefficient (Wildman–Crippen LogP) is 0.839. The summed E-state index contributed by atoms with van der Waals surface area (Å²) in [6, 6.07) is 0. The van der Waals surface area contributed by atoms with E-state index in [1.54, 1.807) is 16.3 Å². The molecule has 0 atom stereocenters. The van der Waals surface area contributed by atoms with E-state index in [0.717, 1.165) is 0 Å². The number of carboxylic acid groups (broad SMARTS) is 1. The lowest BCUT2D eigenvalue weighted by molar-refractivity contribution is -0.118. The summed E-state index contributed by atoms with van der Waals surface area (Å²) in [6.07, 6.45) is 2.88. The SMILES string of the molecule is CC(C)SCC(=O)NCCn1cnc(C(=O)O)c1. The van der Waals surface area contributed by atoms with Crippen molar-refractivity contribution >= 4 is 23.6 Å². The van der Waals surface area contributed by atoms with Crippen molar-refractivity contribution in [2.45, 2.75) is 25.6 Å². The van der Waals surface area contributed by atoms with E-state index in [4.69, 9.17) is 5.11 Å². The molecule has 1 amide bonds. The molecule has 0 aliphatic rings. The Hall–Kier alpha value is -1.50. The van der Waals surface area contributed by atoms with E-state index < -0.39 is 5.97 Å². The first-order valence-corrected chi connectivity index (χ1v) is 6.67. The summed E-state index contributed by atoms with van der Waals surface area (Å²) in [4.78, 5) is 25.7.